The Hall–Kier alpha value is -4.00. The monoisotopic (exact) mass is 417 g/mol. The fourth-order valence-electron chi connectivity index (χ4n) is 3.89. The van der Waals surface area contributed by atoms with Gasteiger partial charge >= 0.3 is 5.91 Å². The molecule has 1 aromatic heterocycles. The van der Waals surface area contributed by atoms with Gasteiger partial charge in [0.15, 0.2) is 17.3 Å². The number of aromatic amines is 1. The first-order valence-electron chi connectivity index (χ1n) is 9.72. The van der Waals surface area contributed by atoms with Gasteiger partial charge in [-0.25, -0.2) is 9.78 Å². The van der Waals surface area contributed by atoms with Crippen molar-refractivity contribution >= 4 is 23.3 Å². The molecular weight excluding hydrogens is 396 g/mol. The van der Waals surface area contributed by atoms with Crippen LogP contribution in [0.25, 0.3) is 0 Å². The molecule has 2 heterocycles. The number of ether oxygens (including phenoxy) is 2. The molecule has 2 unspecified atom stereocenters. The molecule has 0 saturated carbocycles. The Kier molecular flexibility index (Phi) is 5.49. The number of aromatic nitrogens is 1. The van der Waals surface area contributed by atoms with Gasteiger partial charge in [0.2, 0.25) is 0 Å². The minimum Gasteiger partial charge on any atom is -0.493 e. The van der Waals surface area contributed by atoms with Crippen LogP contribution in [0.5, 0.6) is 11.5 Å². The lowest BCUT2D eigenvalue weighted by molar-refractivity contribution is -0.363. The van der Waals surface area contributed by atoms with E-state index in [4.69, 9.17) is 9.47 Å². The van der Waals surface area contributed by atoms with Crippen LogP contribution in [0.4, 0.5) is 5.82 Å². The summed E-state index contributed by atoms with van der Waals surface area (Å²) in [6.07, 6.45) is 1.66. The largest absolute Gasteiger partial charge is 0.493 e. The summed E-state index contributed by atoms with van der Waals surface area (Å²) in [5.41, 5.74) is 0.960. The molecule has 1 N–H and O–H groups in total. The second-order valence-corrected chi connectivity index (χ2v) is 7.05. The zero-order valence-electron chi connectivity index (χ0n) is 17.1. The lowest BCUT2D eigenvalue weighted by atomic mass is 9.86. The van der Waals surface area contributed by atoms with Crippen molar-refractivity contribution in [2.75, 3.05) is 19.1 Å². The summed E-state index contributed by atoms with van der Waals surface area (Å²) in [6.45, 7) is 0. The molecule has 2 atom stereocenters. The molecule has 1 amide bonds. The lowest BCUT2D eigenvalue weighted by Gasteiger charge is -2.21. The van der Waals surface area contributed by atoms with Crippen molar-refractivity contribution in [3.8, 4) is 11.5 Å². The summed E-state index contributed by atoms with van der Waals surface area (Å²) < 4.78 is 10.7. The summed E-state index contributed by atoms with van der Waals surface area (Å²) in [7, 11) is 3.02. The Morgan fingerprint density at radius 3 is 2.26 bits per heavy atom. The third-order valence-electron chi connectivity index (χ3n) is 5.35. The molecule has 7 heteroatoms. The molecule has 1 saturated heterocycles. The number of nitrogens with zero attached hydrogens (tertiary/aromatic N) is 1. The molecule has 31 heavy (non-hydrogen) atoms. The van der Waals surface area contributed by atoms with Crippen LogP contribution < -0.4 is 19.4 Å². The van der Waals surface area contributed by atoms with Crippen LogP contribution in [0, 0.1) is 5.92 Å². The zero-order chi connectivity index (χ0) is 22.0. The fraction of sp³-hybridized carbons (Fsp3) is 0.167. The number of hydrogen-bond donors (Lipinski definition) is 0. The van der Waals surface area contributed by atoms with Crippen LogP contribution in [-0.4, -0.2) is 31.7 Å². The number of pyridine rings is 1. The van der Waals surface area contributed by atoms with Crippen LogP contribution in [0.15, 0.2) is 72.9 Å². The SMILES string of the molecule is COc1ccc(C2C(C(=O)c3ccccc3)C(=O)C(=O)N2c2cccc[nH+]2)cc1OC. The Balaban J connectivity index is 1.88. The number of benzene rings is 2. The number of rotatable bonds is 6. The molecule has 1 aliphatic rings. The number of nitrogens with one attached hydrogen (secondary N) is 1. The number of amides is 1. The van der Waals surface area contributed by atoms with E-state index in [-0.39, 0.29) is 0 Å². The maximum atomic E-state index is 13.4. The quantitative estimate of drug-likeness (QED) is 0.350. The maximum Gasteiger partial charge on any atom is 0.378 e. The average Bonchev–Trinajstić information content (AvgIpc) is 3.09. The van der Waals surface area contributed by atoms with Crippen molar-refractivity contribution in [2.24, 2.45) is 5.92 Å². The minimum absolute atomic E-state index is 0.373. The predicted octanol–water partition coefficient (Wildman–Crippen LogP) is 2.67. The Morgan fingerprint density at radius 2 is 1.61 bits per heavy atom. The van der Waals surface area contributed by atoms with E-state index in [0.717, 1.165) is 0 Å². The fourth-order valence-corrected chi connectivity index (χ4v) is 3.89. The van der Waals surface area contributed by atoms with Crippen molar-refractivity contribution in [1.29, 1.82) is 0 Å². The Labute approximate surface area is 179 Å². The van der Waals surface area contributed by atoms with E-state index in [2.05, 4.69) is 4.98 Å². The number of methoxy groups -OCH3 is 2. The molecule has 7 nitrogen and oxygen atoms in total. The van der Waals surface area contributed by atoms with Gasteiger partial charge < -0.3 is 9.47 Å². The van der Waals surface area contributed by atoms with E-state index in [1.807, 2.05) is 0 Å². The molecule has 2 aromatic carbocycles. The third kappa shape index (κ3) is 3.54. The molecule has 0 bridgehead atoms. The van der Waals surface area contributed by atoms with Gasteiger partial charge in [0.25, 0.3) is 11.6 Å². The summed E-state index contributed by atoms with van der Waals surface area (Å²) >= 11 is 0. The second kappa shape index (κ2) is 8.39. The van der Waals surface area contributed by atoms with Crippen molar-refractivity contribution in [3.63, 3.8) is 0 Å². The van der Waals surface area contributed by atoms with Gasteiger partial charge in [0.05, 0.1) is 20.4 Å². The van der Waals surface area contributed by atoms with E-state index in [1.165, 1.54) is 19.1 Å². The van der Waals surface area contributed by atoms with E-state index >= 15 is 0 Å². The zero-order valence-corrected chi connectivity index (χ0v) is 17.1. The van der Waals surface area contributed by atoms with Crippen LogP contribution >= 0.6 is 0 Å². The minimum atomic E-state index is -1.19. The first-order chi connectivity index (χ1) is 15.1. The highest BCUT2D eigenvalue weighted by molar-refractivity contribution is 6.48. The first-order valence-corrected chi connectivity index (χ1v) is 9.72. The van der Waals surface area contributed by atoms with Crippen LogP contribution in [0.3, 0.4) is 0 Å². The summed E-state index contributed by atoms with van der Waals surface area (Å²) in [4.78, 5) is 43.9. The molecule has 1 aliphatic heterocycles. The molecule has 0 spiro atoms. The number of H-pyrrole nitrogens is 1. The highest BCUT2D eigenvalue weighted by atomic mass is 16.5. The molecule has 156 valence electrons. The van der Waals surface area contributed by atoms with Crippen LogP contribution in [0.2, 0.25) is 0 Å². The standard InChI is InChI=1S/C24H20N2O5/c1-30-17-12-11-16(14-18(17)31-2)21-20(22(27)15-8-4-3-5-9-15)23(28)24(29)26(21)19-10-6-7-13-25-19/h3-14,20-21H,1-2H3/p+1. The van der Waals surface area contributed by atoms with Crippen molar-refractivity contribution < 1.29 is 28.8 Å². The van der Waals surface area contributed by atoms with Crippen LogP contribution in [0.1, 0.15) is 22.0 Å². The predicted molar refractivity (Wildman–Crippen MR) is 112 cm³/mol. The van der Waals surface area contributed by atoms with Gasteiger partial charge in [-0.2, -0.15) is 4.90 Å². The number of hydrogen-bond acceptors (Lipinski definition) is 5. The number of carbonyl (C=O) groups is 3. The lowest BCUT2D eigenvalue weighted by Crippen LogP contribution is -2.34. The third-order valence-corrected chi connectivity index (χ3v) is 5.35. The van der Waals surface area contributed by atoms with Gasteiger partial charge in [-0.3, -0.25) is 9.59 Å². The Bertz CT molecular complexity index is 1130. The van der Waals surface area contributed by atoms with Gasteiger partial charge in [-0.1, -0.05) is 42.5 Å². The molecule has 1 fully saturated rings. The summed E-state index contributed by atoms with van der Waals surface area (Å²) in [5.74, 6) is -1.72. The normalized spacial score (nSPS) is 18.2. The van der Waals surface area contributed by atoms with Crippen LogP contribution in [-0.2, 0) is 9.59 Å². The van der Waals surface area contributed by atoms with Crippen molar-refractivity contribution in [2.45, 2.75) is 6.04 Å². The van der Waals surface area contributed by atoms with E-state index in [1.54, 1.807) is 72.9 Å². The first kappa shape index (κ1) is 20.3. The average molecular weight is 417 g/mol. The van der Waals surface area contributed by atoms with E-state index < -0.39 is 29.4 Å². The van der Waals surface area contributed by atoms with E-state index in [0.29, 0.717) is 28.4 Å². The highest BCUT2D eigenvalue weighted by Crippen LogP contribution is 2.42. The smallest absolute Gasteiger partial charge is 0.378 e. The number of ketones is 2. The molecule has 0 radical (unpaired) electrons. The second-order valence-electron chi connectivity index (χ2n) is 7.05. The van der Waals surface area contributed by atoms with Gasteiger partial charge in [-0.05, 0) is 18.2 Å². The van der Waals surface area contributed by atoms with Gasteiger partial charge in [-0.15, -0.1) is 0 Å². The van der Waals surface area contributed by atoms with Crippen molar-refractivity contribution in [1.82, 2.24) is 0 Å². The highest BCUT2D eigenvalue weighted by Gasteiger charge is 2.57. The molecule has 0 aliphatic carbocycles. The molecule has 3 aromatic rings. The van der Waals surface area contributed by atoms with Gasteiger partial charge in [0.1, 0.15) is 12.0 Å². The van der Waals surface area contributed by atoms with Gasteiger partial charge in [0, 0.05) is 17.2 Å². The topological polar surface area (TPSA) is 87.1 Å². The number of carbonyl (C=O) groups excluding carboxylic acids is 3. The maximum absolute atomic E-state index is 13.4. The van der Waals surface area contributed by atoms with E-state index in [9.17, 15) is 14.4 Å². The Morgan fingerprint density at radius 1 is 0.903 bits per heavy atom. The molecular formula is C24H21N2O5+. The molecule has 4 rings (SSSR count). The number of Topliss-reactive ketones (excluding diaryl/α,β-unsaturated/α-hetero) is 2. The van der Waals surface area contributed by atoms with Crippen molar-refractivity contribution in [3.05, 3.63) is 84.1 Å². The number of anilines is 1. The summed E-state index contributed by atoms with van der Waals surface area (Å²) in [5, 5.41) is 0. The summed E-state index contributed by atoms with van der Waals surface area (Å²) in [6, 6.07) is 18.0.